The Morgan fingerprint density at radius 1 is 0.761 bits per heavy atom. The molecule has 3 amide bonds. The lowest BCUT2D eigenvalue weighted by Gasteiger charge is -2.28. The first-order valence-corrected chi connectivity index (χ1v) is 15.3. The molecule has 4 rings (SSSR count). The number of fused-ring (bicyclic) bond motifs is 1. The number of carbonyl (C=O) groups is 4. The number of phenolic OH excluding ortho intramolecular Hbond substituents is 1. The molecule has 3 aromatic carbocycles. The topological polar surface area (TPSA) is 187 Å². The van der Waals surface area contributed by atoms with E-state index in [1.807, 2.05) is 50.4 Å². The molecule has 5 atom stereocenters. The number of carboxylic acids is 1. The van der Waals surface area contributed by atoms with E-state index in [2.05, 4.69) is 20.9 Å². The number of para-hydroxylation sites is 1. The van der Waals surface area contributed by atoms with Gasteiger partial charge >= 0.3 is 5.97 Å². The van der Waals surface area contributed by atoms with Crippen LogP contribution in [0.15, 0.2) is 85.1 Å². The molecule has 0 bridgehead atoms. The summed E-state index contributed by atoms with van der Waals surface area (Å²) < 4.78 is 0. The molecule has 0 saturated heterocycles. The first-order valence-electron chi connectivity index (χ1n) is 15.3. The molecule has 0 saturated carbocycles. The van der Waals surface area contributed by atoms with E-state index in [1.165, 1.54) is 12.1 Å². The maximum atomic E-state index is 13.8. The molecule has 5 unspecified atom stereocenters. The highest BCUT2D eigenvalue weighted by molar-refractivity contribution is 5.94. The predicted octanol–water partition coefficient (Wildman–Crippen LogP) is 2.81. The molecule has 11 heteroatoms. The Labute approximate surface area is 267 Å². The second-order valence-corrected chi connectivity index (χ2v) is 11.6. The summed E-state index contributed by atoms with van der Waals surface area (Å²) in [5.74, 6) is -3.32. The van der Waals surface area contributed by atoms with Crippen molar-refractivity contribution in [3.63, 3.8) is 0 Å². The molecular weight excluding hydrogens is 586 g/mol. The van der Waals surface area contributed by atoms with Gasteiger partial charge in [-0.15, -0.1) is 0 Å². The van der Waals surface area contributed by atoms with Crippen LogP contribution in [-0.4, -0.2) is 63.1 Å². The Balaban J connectivity index is 1.50. The molecule has 11 nitrogen and oxygen atoms in total. The van der Waals surface area contributed by atoms with Crippen LogP contribution in [0.3, 0.4) is 0 Å². The van der Waals surface area contributed by atoms with Crippen molar-refractivity contribution in [3.8, 4) is 5.75 Å². The van der Waals surface area contributed by atoms with Crippen LogP contribution >= 0.6 is 0 Å². The maximum Gasteiger partial charge on any atom is 0.326 e. The zero-order valence-corrected chi connectivity index (χ0v) is 25.9. The monoisotopic (exact) mass is 627 g/mol. The minimum atomic E-state index is -1.25. The average Bonchev–Trinajstić information content (AvgIpc) is 3.46. The Morgan fingerprint density at radius 2 is 1.37 bits per heavy atom. The number of carbonyl (C=O) groups excluding carboxylic acids is 3. The number of aliphatic carboxylic acids is 1. The third kappa shape index (κ3) is 8.95. The van der Waals surface area contributed by atoms with E-state index in [0.717, 1.165) is 22.0 Å². The van der Waals surface area contributed by atoms with Crippen molar-refractivity contribution < 1.29 is 29.4 Å². The summed E-state index contributed by atoms with van der Waals surface area (Å²) in [4.78, 5) is 55.9. The summed E-state index contributed by atoms with van der Waals surface area (Å²) in [6.45, 7) is 3.69. The number of carboxylic acid groups (broad SMARTS) is 1. The van der Waals surface area contributed by atoms with Crippen LogP contribution in [0, 0.1) is 5.92 Å². The summed E-state index contributed by atoms with van der Waals surface area (Å²) in [6, 6.07) is 18.3. The van der Waals surface area contributed by atoms with E-state index in [-0.39, 0.29) is 30.9 Å². The number of benzene rings is 3. The molecule has 4 aromatic rings. The van der Waals surface area contributed by atoms with Crippen molar-refractivity contribution in [1.29, 1.82) is 0 Å². The van der Waals surface area contributed by atoms with Crippen molar-refractivity contribution >= 4 is 34.6 Å². The second-order valence-electron chi connectivity index (χ2n) is 11.6. The van der Waals surface area contributed by atoms with Crippen LogP contribution in [0.1, 0.15) is 37.0 Å². The third-order valence-corrected chi connectivity index (χ3v) is 8.15. The second kappa shape index (κ2) is 15.7. The van der Waals surface area contributed by atoms with Gasteiger partial charge in [0, 0.05) is 29.9 Å². The van der Waals surface area contributed by atoms with Crippen LogP contribution in [0.5, 0.6) is 5.75 Å². The molecule has 0 aliphatic rings. The van der Waals surface area contributed by atoms with E-state index < -0.39 is 47.9 Å². The van der Waals surface area contributed by atoms with Gasteiger partial charge in [0.2, 0.25) is 17.7 Å². The summed E-state index contributed by atoms with van der Waals surface area (Å²) in [5.41, 5.74) is 9.44. The quantitative estimate of drug-likeness (QED) is 0.106. The smallest absolute Gasteiger partial charge is 0.326 e. The molecule has 0 spiro atoms. The highest BCUT2D eigenvalue weighted by atomic mass is 16.4. The highest BCUT2D eigenvalue weighted by Crippen LogP contribution is 2.19. The lowest BCUT2D eigenvalue weighted by atomic mass is 9.96. The molecule has 242 valence electrons. The maximum absolute atomic E-state index is 13.8. The first kappa shape index (κ1) is 33.7. The molecule has 8 N–H and O–H groups in total. The molecule has 0 aliphatic heterocycles. The molecular formula is C35H41N5O6. The number of aromatic hydroxyl groups is 1. The van der Waals surface area contributed by atoms with Gasteiger partial charge in [-0.1, -0.05) is 80.9 Å². The number of phenols is 1. The molecule has 1 aromatic heterocycles. The number of H-pyrrole nitrogens is 1. The number of hydrogen-bond donors (Lipinski definition) is 7. The zero-order chi connectivity index (χ0) is 33.2. The molecule has 0 radical (unpaired) electrons. The number of nitrogens with two attached hydrogens (primary N) is 1. The average molecular weight is 628 g/mol. The summed E-state index contributed by atoms with van der Waals surface area (Å²) in [5, 5.41) is 28.7. The Bertz CT molecular complexity index is 1640. The van der Waals surface area contributed by atoms with Crippen LogP contribution in [0.25, 0.3) is 10.9 Å². The minimum Gasteiger partial charge on any atom is -0.508 e. The largest absolute Gasteiger partial charge is 0.508 e. The summed E-state index contributed by atoms with van der Waals surface area (Å²) >= 11 is 0. The Morgan fingerprint density at radius 3 is 2.04 bits per heavy atom. The number of aromatic amines is 1. The van der Waals surface area contributed by atoms with Gasteiger partial charge < -0.3 is 36.9 Å². The minimum absolute atomic E-state index is 0.0107. The van der Waals surface area contributed by atoms with Crippen LogP contribution in [0.2, 0.25) is 0 Å². The number of aromatic nitrogens is 1. The number of rotatable bonds is 15. The van der Waals surface area contributed by atoms with Crippen molar-refractivity contribution in [2.75, 3.05) is 0 Å². The fraction of sp³-hybridized carbons (Fsp3) is 0.314. The van der Waals surface area contributed by atoms with E-state index >= 15 is 0 Å². The Hall–Kier alpha value is -5.16. The molecule has 1 heterocycles. The van der Waals surface area contributed by atoms with Crippen molar-refractivity contribution in [2.45, 2.75) is 63.7 Å². The van der Waals surface area contributed by atoms with E-state index in [4.69, 9.17) is 5.73 Å². The van der Waals surface area contributed by atoms with Crippen molar-refractivity contribution in [1.82, 2.24) is 20.9 Å². The number of hydrogen-bond acceptors (Lipinski definition) is 6. The standard InChI is InChI=1S/C35H41N5O6/c1-3-21(2)31(40-32(42)27(36)19-24-20-37-28-12-8-7-11-26(24)28)34(44)38-29(17-23-13-15-25(41)16-14-23)33(43)39-30(35(45)46)18-22-9-5-4-6-10-22/h4-16,20-21,27,29-31,37,41H,3,17-19,36H2,1-2H3,(H,38,44)(H,39,43)(H,40,42)(H,45,46). The van der Waals surface area contributed by atoms with E-state index in [9.17, 15) is 29.4 Å². The van der Waals surface area contributed by atoms with Gasteiger partial charge in [0.25, 0.3) is 0 Å². The fourth-order valence-electron chi connectivity index (χ4n) is 5.25. The third-order valence-electron chi connectivity index (χ3n) is 8.15. The Kier molecular flexibility index (Phi) is 11.5. The van der Waals surface area contributed by atoms with E-state index in [1.54, 1.807) is 36.4 Å². The van der Waals surface area contributed by atoms with Crippen molar-refractivity contribution in [2.24, 2.45) is 11.7 Å². The van der Waals surface area contributed by atoms with Gasteiger partial charge in [0.15, 0.2) is 0 Å². The van der Waals surface area contributed by atoms with Gasteiger partial charge in [-0.25, -0.2) is 4.79 Å². The normalized spacial score (nSPS) is 14.4. The van der Waals surface area contributed by atoms with Crippen LogP contribution in [-0.2, 0) is 38.4 Å². The molecule has 0 fully saturated rings. The van der Waals surface area contributed by atoms with Gasteiger partial charge in [-0.3, -0.25) is 14.4 Å². The fourth-order valence-corrected chi connectivity index (χ4v) is 5.25. The SMILES string of the molecule is CCC(C)C(NC(=O)C(N)Cc1c[nH]c2ccccc12)C(=O)NC(Cc1ccc(O)cc1)C(=O)NC(Cc1ccccc1)C(=O)O. The highest BCUT2D eigenvalue weighted by Gasteiger charge is 2.33. The molecule has 0 aliphatic carbocycles. The van der Waals surface area contributed by atoms with Gasteiger partial charge in [-0.05, 0) is 47.2 Å². The summed E-state index contributed by atoms with van der Waals surface area (Å²) in [6.07, 6.45) is 2.65. The predicted molar refractivity (Wildman–Crippen MR) is 175 cm³/mol. The van der Waals surface area contributed by atoms with Crippen molar-refractivity contribution in [3.05, 3.63) is 102 Å². The van der Waals surface area contributed by atoms with Gasteiger partial charge in [-0.2, -0.15) is 0 Å². The lowest BCUT2D eigenvalue weighted by molar-refractivity contribution is -0.142. The zero-order valence-electron chi connectivity index (χ0n) is 25.9. The molecule has 46 heavy (non-hydrogen) atoms. The van der Waals surface area contributed by atoms with Crippen LogP contribution < -0.4 is 21.7 Å². The number of amides is 3. The lowest BCUT2D eigenvalue weighted by Crippen LogP contribution is -2.59. The van der Waals surface area contributed by atoms with Crippen LogP contribution in [0.4, 0.5) is 0 Å². The van der Waals surface area contributed by atoms with E-state index in [0.29, 0.717) is 12.0 Å². The first-order chi connectivity index (χ1) is 22.0. The van der Waals surface area contributed by atoms with Gasteiger partial charge in [0.05, 0.1) is 6.04 Å². The number of nitrogens with one attached hydrogen (secondary N) is 4. The van der Waals surface area contributed by atoms with Gasteiger partial charge in [0.1, 0.15) is 23.9 Å². The summed E-state index contributed by atoms with van der Waals surface area (Å²) in [7, 11) is 0.